The lowest BCUT2D eigenvalue weighted by Crippen LogP contribution is -1.95. The highest BCUT2D eigenvalue weighted by atomic mass is 19.4. The van der Waals surface area contributed by atoms with E-state index in [1.165, 1.54) is 80.8 Å². The highest BCUT2D eigenvalue weighted by Crippen LogP contribution is 2.10. The molecule has 0 spiro atoms. The van der Waals surface area contributed by atoms with Gasteiger partial charge in [-0.15, -0.1) is 0 Å². The average Bonchev–Trinajstić information content (AvgIpc) is 3.48. The maximum Gasteiger partial charge on any atom is 0.386 e. The third-order valence-electron chi connectivity index (χ3n) is 4.08. The number of nitrogens with two attached hydrogens (primary N) is 6. The molecule has 81 heavy (non-hydrogen) atoms. The predicted molar refractivity (Wildman–Crippen MR) is 362 cm³/mol. The SMILES string of the molecule is C=O.C=O.C=O.C=O.C=O.C=O.C=O.C=O.C=O.C=O.C=O.CC.CC(C)C.CC(F)(F)F.CCC.CCC(C)C.CCC(C)C.CCC(C)C.CCC(C)C.CCC(C)C.CCO.CN.CN.CN.CN.CN.CN.N.N.N.N.N. The van der Waals surface area contributed by atoms with Gasteiger partial charge < -0.3 is 123 Å². The van der Waals surface area contributed by atoms with Crippen LogP contribution in [0.3, 0.4) is 0 Å². The standard InChI is InChI=1S/5C5H12.C4H10.C3H8.C2H3F3.C2H6O.C2H6.6CH5N.11CH2O.5H3N/c5*1-4-5(2)3;1-4(2)3;1-3-2;1-2(3,4)5;1-2-3;18*1-2;;;;;/h5*5H,4H2,1-3H3;4H,1-3H3;3H2,1-2H3;1H3;3H,2H2,1H3;1-2H3;6*2H2,1H3;11*1H2;5*1H3. The van der Waals surface area contributed by atoms with Crippen LogP contribution in [0.4, 0.5) is 13.2 Å². The summed E-state index contributed by atoms with van der Waals surface area (Å²) in [4.78, 5) is 88.0. The Labute approximate surface area is 504 Å². The number of hydrogen-bond acceptors (Lipinski definition) is 23. The van der Waals surface area contributed by atoms with Crippen molar-refractivity contribution in [3.8, 4) is 0 Å². The number of hydrogen-bond donors (Lipinski definition) is 12. The second kappa shape index (κ2) is 593. The Morgan fingerprint density at radius 2 is 0.309 bits per heavy atom. The first-order chi connectivity index (χ1) is 35.9. The van der Waals surface area contributed by atoms with E-state index in [4.69, 9.17) is 57.8 Å². The van der Waals surface area contributed by atoms with E-state index in [9.17, 15) is 13.2 Å². The van der Waals surface area contributed by atoms with Crippen LogP contribution >= 0.6 is 0 Å². The Morgan fingerprint density at radius 3 is 0.309 bits per heavy atom. The minimum atomic E-state index is -4.00. The number of rotatable bonds is 5. The molecule has 0 rings (SSSR count). The van der Waals surface area contributed by atoms with Gasteiger partial charge in [-0.3, -0.25) is 0 Å². The van der Waals surface area contributed by atoms with Crippen molar-refractivity contribution in [3.05, 3.63) is 0 Å². The van der Waals surface area contributed by atoms with Crippen LogP contribution in [0.5, 0.6) is 0 Å². The van der Waals surface area contributed by atoms with Crippen molar-refractivity contribution < 1.29 is 71.0 Å². The highest BCUT2D eigenvalue weighted by Gasteiger charge is 2.15. The number of halogens is 3. The van der Waals surface area contributed by atoms with Crippen LogP contribution < -0.4 is 65.2 Å². The Morgan fingerprint density at radius 1 is 0.296 bits per heavy atom. The first-order valence-electron chi connectivity index (χ1n) is 24.2. The van der Waals surface area contributed by atoms with Crippen molar-refractivity contribution in [1.82, 2.24) is 30.8 Å². The summed E-state index contributed by atoms with van der Waals surface area (Å²) >= 11 is 0. The van der Waals surface area contributed by atoms with Crippen molar-refractivity contribution in [3.63, 3.8) is 0 Å². The zero-order chi connectivity index (χ0) is 70.9. The molecular formula is C55H160F3N11O12. The second-order valence-electron chi connectivity index (χ2n) is 12.5. The van der Waals surface area contributed by atoms with Gasteiger partial charge in [0.15, 0.2) is 0 Å². The smallest absolute Gasteiger partial charge is 0.386 e. The van der Waals surface area contributed by atoms with Gasteiger partial charge in [-0.25, -0.2) is 0 Å². The zero-order valence-corrected chi connectivity index (χ0v) is 59.8. The molecule has 23 nitrogen and oxygen atoms in total. The van der Waals surface area contributed by atoms with E-state index >= 15 is 0 Å². The highest BCUT2D eigenvalue weighted by molar-refractivity contribution is 5.12. The number of aliphatic hydroxyl groups is 1. The molecule has 0 aromatic carbocycles. The Hall–Kier alpha value is -4.32. The molecule has 0 aromatic rings. The molecule has 0 aliphatic rings. The van der Waals surface area contributed by atoms with Crippen molar-refractivity contribution >= 4 is 74.7 Å². The van der Waals surface area contributed by atoms with Gasteiger partial charge in [-0.2, -0.15) is 13.2 Å². The van der Waals surface area contributed by atoms with Gasteiger partial charge in [0.2, 0.25) is 0 Å². The fourth-order valence-corrected chi connectivity index (χ4v) is 0. The molecule has 0 radical (unpaired) electrons. The summed E-state index contributed by atoms with van der Waals surface area (Å²) in [5.74, 6) is 5.25. The van der Waals surface area contributed by atoms with E-state index in [1.54, 1.807) is 6.92 Å². The number of carbonyl (C=O) groups is 11. The summed E-state index contributed by atoms with van der Waals surface area (Å²) in [6.07, 6.45) is 3.78. The molecule has 0 saturated carbocycles. The number of carbonyl (C=O) groups excluding carboxylic acids is 11. The molecule has 0 fully saturated rings. The minimum Gasteiger partial charge on any atom is -0.397 e. The average molecular weight is 1220 g/mol. The second-order valence-corrected chi connectivity index (χ2v) is 12.5. The van der Waals surface area contributed by atoms with E-state index in [1.807, 2.05) is 88.5 Å². The van der Waals surface area contributed by atoms with Crippen LogP contribution in [-0.2, 0) is 52.7 Å². The summed E-state index contributed by atoms with van der Waals surface area (Å²) in [5.41, 5.74) is 27.0. The first-order valence-corrected chi connectivity index (χ1v) is 24.2. The van der Waals surface area contributed by atoms with Gasteiger partial charge in [0.1, 0.15) is 74.7 Å². The van der Waals surface area contributed by atoms with Crippen LogP contribution in [0.25, 0.3) is 0 Å². The van der Waals surface area contributed by atoms with Gasteiger partial charge in [0, 0.05) is 13.5 Å². The van der Waals surface area contributed by atoms with E-state index in [0.29, 0.717) is 0 Å². The van der Waals surface area contributed by atoms with Gasteiger partial charge >= 0.3 is 6.18 Å². The number of alkyl halides is 3. The summed E-state index contributed by atoms with van der Waals surface area (Å²) in [5, 5.41) is 7.57. The van der Waals surface area contributed by atoms with Gasteiger partial charge in [-0.05, 0) is 84.7 Å². The molecule has 0 atom stereocenters. The molecule has 0 saturated heterocycles. The van der Waals surface area contributed by atoms with Crippen molar-refractivity contribution in [1.29, 1.82) is 0 Å². The van der Waals surface area contributed by atoms with Crippen LogP contribution in [0.2, 0.25) is 0 Å². The minimum absolute atomic E-state index is 0. The Balaban J connectivity index is -0.0000000104. The fourth-order valence-electron chi connectivity index (χ4n) is 0. The summed E-state index contributed by atoms with van der Waals surface area (Å²) < 4.78 is 31.1. The van der Waals surface area contributed by atoms with Crippen molar-refractivity contribution in [2.45, 2.75) is 211 Å². The first kappa shape index (κ1) is 220. The molecular weight excluding hydrogens is 1060 g/mol. The molecule has 26 heteroatoms. The Kier molecular flexibility index (Phi) is 1610. The lowest BCUT2D eigenvalue weighted by Gasteiger charge is -1.90. The van der Waals surface area contributed by atoms with Gasteiger partial charge in [-0.1, -0.05) is 191 Å². The lowest BCUT2D eigenvalue weighted by molar-refractivity contribution is -0.110. The van der Waals surface area contributed by atoms with E-state index in [-0.39, 0.29) is 44.3 Å². The molecule has 0 amide bonds. The maximum atomic E-state index is 10.4. The summed E-state index contributed by atoms with van der Waals surface area (Å²) in [7, 11) is 9.00. The van der Waals surface area contributed by atoms with Crippen LogP contribution in [0, 0.1) is 35.5 Å². The molecule has 0 bridgehead atoms. The normalized spacial score (nSPS) is 5.65. The van der Waals surface area contributed by atoms with Gasteiger partial charge in [0.25, 0.3) is 0 Å². The van der Waals surface area contributed by atoms with Crippen LogP contribution in [0.1, 0.15) is 205 Å². The topological polar surface area (TPSA) is 539 Å². The fraction of sp³-hybridized carbons (Fsp3) is 0.800. The molecule has 0 aliphatic heterocycles. The molecule has 0 heterocycles. The molecule has 0 unspecified atom stereocenters. The van der Waals surface area contributed by atoms with Crippen molar-refractivity contribution in [2.24, 2.45) is 69.9 Å². The van der Waals surface area contributed by atoms with Crippen LogP contribution in [-0.4, -0.2) is 135 Å². The molecule has 0 aromatic heterocycles. The third-order valence-corrected chi connectivity index (χ3v) is 4.08. The summed E-state index contributed by atoms with van der Waals surface area (Å²) in [6.45, 7) is 72.1. The predicted octanol–water partition coefficient (Wildman–Crippen LogP) is 12.2. The van der Waals surface area contributed by atoms with Crippen LogP contribution in [0.15, 0.2) is 0 Å². The lowest BCUT2D eigenvalue weighted by atomic mass is 10.2. The quantitative estimate of drug-likeness (QED) is 0.122. The monoisotopic (exact) mass is 1220 g/mol. The zero-order valence-electron chi connectivity index (χ0n) is 59.8. The van der Waals surface area contributed by atoms with E-state index in [2.05, 4.69) is 173 Å². The van der Waals surface area contributed by atoms with E-state index in [0.717, 1.165) is 35.5 Å². The maximum absolute atomic E-state index is 10.4. The summed E-state index contributed by atoms with van der Waals surface area (Å²) in [6, 6.07) is 0. The Bertz CT molecular complexity index is 446. The number of aliphatic hydroxyl groups excluding tert-OH is 1. The third kappa shape index (κ3) is 12700. The molecule has 28 N–H and O–H groups in total. The van der Waals surface area contributed by atoms with Crippen molar-refractivity contribution in [2.75, 3.05) is 48.9 Å². The van der Waals surface area contributed by atoms with Gasteiger partial charge in [0.05, 0.1) is 0 Å². The molecule has 528 valence electrons. The van der Waals surface area contributed by atoms with E-state index < -0.39 is 6.18 Å². The molecule has 0 aliphatic carbocycles. The largest absolute Gasteiger partial charge is 0.397 e.